The number of aliphatic carboxylic acids is 1. The van der Waals surface area contributed by atoms with Crippen molar-refractivity contribution in [3.8, 4) is 0 Å². The Balaban J connectivity index is 1.69. The Bertz CT molecular complexity index is 860. The fourth-order valence-electron chi connectivity index (χ4n) is 3.36. The molecular formula is C15H22N6O5S. The van der Waals surface area contributed by atoms with Crippen LogP contribution in [0.3, 0.4) is 0 Å². The molecular weight excluding hydrogens is 376 g/mol. The minimum Gasteiger partial charge on any atom is -0.480 e. The molecule has 0 radical (unpaired) electrons. The maximum absolute atomic E-state index is 12.2. The van der Waals surface area contributed by atoms with E-state index < -0.39 is 47.0 Å². The first-order valence-corrected chi connectivity index (χ1v) is 9.91. The highest BCUT2D eigenvalue weighted by atomic mass is 32.2. The normalized spacial score (nSPS) is 27.7. The van der Waals surface area contributed by atoms with Crippen molar-refractivity contribution in [2.45, 2.75) is 37.1 Å². The number of aliphatic hydroxyl groups is 2. The minimum atomic E-state index is -1.36. The van der Waals surface area contributed by atoms with Gasteiger partial charge in [-0.15, -0.1) is 0 Å². The number of aromatic nitrogens is 4. The predicted octanol–water partition coefficient (Wildman–Crippen LogP) is -1.76. The highest BCUT2D eigenvalue weighted by Crippen LogP contribution is 2.37. The van der Waals surface area contributed by atoms with E-state index in [-0.39, 0.29) is 23.7 Å². The molecule has 6 unspecified atom stereocenters. The number of hydrogen-bond acceptors (Lipinski definition) is 9. The van der Waals surface area contributed by atoms with Gasteiger partial charge < -0.3 is 31.4 Å². The molecule has 2 heterocycles. The van der Waals surface area contributed by atoms with Gasteiger partial charge in [-0.25, -0.2) is 15.0 Å². The minimum absolute atomic E-state index is 0.0824. The van der Waals surface area contributed by atoms with Crippen molar-refractivity contribution in [2.24, 2.45) is 11.7 Å². The lowest BCUT2D eigenvalue weighted by Gasteiger charge is -2.18. The van der Waals surface area contributed by atoms with Crippen molar-refractivity contribution in [2.75, 3.05) is 17.2 Å². The highest BCUT2D eigenvalue weighted by Gasteiger charge is 2.43. The third kappa shape index (κ3) is 3.93. The van der Waals surface area contributed by atoms with E-state index in [9.17, 15) is 19.2 Å². The predicted molar refractivity (Wildman–Crippen MR) is 97.0 cm³/mol. The Hall–Kier alpha value is -2.15. The van der Waals surface area contributed by atoms with Crippen molar-refractivity contribution in [3.63, 3.8) is 0 Å². The van der Waals surface area contributed by atoms with Crippen LogP contribution in [0.25, 0.3) is 11.2 Å². The molecule has 12 heteroatoms. The number of hydrogen-bond donors (Lipinski definition) is 5. The number of fused-ring (bicyclic) bond motifs is 1. The largest absolute Gasteiger partial charge is 0.480 e. The van der Waals surface area contributed by atoms with Gasteiger partial charge in [-0.05, 0) is 12.8 Å². The van der Waals surface area contributed by atoms with Crippen molar-refractivity contribution in [3.05, 3.63) is 12.7 Å². The maximum Gasteiger partial charge on any atom is 0.320 e. The second kappa shape index (κ2) is 7.84. The van der Waals surface area contributed by atoms with Crippen molar-refractivity contribution in [1.29, 1.82) is 0 Å². The number of imidazole rings is 1. The monoisotopic (exact) mass is 398 g/mol. The number of carboxylic acid groups (broad SMARTS) is 1. The summed E-state index contributed by atoms with van der Waals surface area (Å²) in [7, 11) is -1.36. The van der Waals surface area contributed by atoms with Crippen LogP contribution >= 0.6 is 0 Å². The van der Waals surface area contributed by atoms with Gasteiger partial charge >= 0.3 is 5.97 Å². The molecule has 27 heavy (non-hydrogen) atoms. The number of nitrogens with zero attached hydrogens (tertiary/aromatic N) is 4. The molecule has 1 aliphatic rings. The lowest BCUT2D eigenvalue weighted by Crippen LogP contribution is -2.33. The SMILES string of the molecule is Nc1ncnc2c1ncn2C1CC(CS(=O)CCC(N)C(=O)O)C(O)C1O. The van der Waals surface area contributed by atoms with E-state index in [1.165, 1.54) is 12.7 Å². The number of aliphatic hydroxyl groups excluding tert-OH is 2. The van der Waals surface area contributed by atoms with Crippen LogP contribution in [-0.4, -0.2) is 74.8 Å². The van der Waals surface area contributed by atoms with Crippen LogP contribution in [0.4, 0.5) is 5.82 Å². The topological polar surface area (TPSA) is 190 Å². The Morgan fingerprint density at radius 2 is 2.07 bits per heavy atom. The van der Waals surface area contributed by atoms with E-state index in [1.54, 1.807) is 4.57 Å². The molecule has 148 valence electrons. The van der Waals surface area contributed by atoms with Gasteiger partial charge in [0.1, 0.15) is 24.0 Å². The van der Waals surface area contributed by atoms with Gasteiger partial charge in [0.25, 0.3) is 0 Å². The van der Waals surface area contributed by atoms with Gasteiger partial charge in [-0.3, -0.25) is 9.00 Å². The third-order valence-electron chi connectivity index (χ3n) is 4.89. The molecule has 0 amide bonds. The molecule has 0 spiro atoms. The molecule has 0 bridgehead atoms. The zero-order valence-corrected chi connectivity index (χ0v) is 15.2. The molecule has 2 aromatic rings. The summed E-state index contributed by atoms with van der Waals surface area (Å²) in [6.07, 6.45) is 1.09. The summed E-state index contributed by atoms with van der Waals surface area (Å²) in [4.78, 5) is 22.9. The van der Waals surface area contributed by atoms with E-state index in [0.29, 0.717) is 17.6 Å². The highest BCUT2D eigenvalue weighted by molar-refractivity contribution is 7.84. The van der Waals surface area contributed by atoms with Crippen molar-refractivity contribution < 1.29 is 24.3 Å². The fraction of sp³-hybridized carbons (Fsp3) is 0.600. The Kier molecular flexibility index (Phi) is 5.69. The van der Waals surface area contributed by atoms with Crippen LogP contribution in [0.1, 0.15) is 18.9 Å². The van der Waals surface area contributed by atoms with E-state index >= 15 is 0 Å². The lowest BCUT2D eigenvalue weighted by molar-refractivity contribution is -0.138. The van der Waals surface area contributed by atoms with E-state index in [0.717, 1.165) is 0 Å². The summed E-state index contributed by atoms with van der Waals surface area (Å²) in [5.74, 6) is -1.07. The van der Waals surface area contributed by atoms with Gasteiger partial charge in [0.2, 0.25) is 0 Å². The van der Waals surface area contributed by atoms with Gasteiger partial charge in [0, 0.05) is 28.2 Å². The van der Waals surface area contributed by atoms with Crippen LogP contribution in [0.5, 0.6) is 0 Å². The molecule has 2 aromatic heterocycles. The van der Waals surface area contributed by atoms with Crippen LogP contribution in [0.2, 0.25) is 0 Å². The Morgan fingerprint density at radius 1 is 1.33 bits per heavy atom. The molecule has 1 aliphatic carbocycles. The van der Waals surface area contributed by atoms with Crippen molar-refractivity contribution >= 4 is 33.8 Å². The van der Waals surface area contributed by atoms with Gasteiger partial charge in [-0.2, -0.15) is 0 Å². The van der Waals surface area contributed by atoms with Gasteiger partial charge in [0.05, 0.1) is 18.5 Å². The molecule has 0 saturated heterocycles. The molecule has 1 fully saturated rings. The average molecular weight is 398 g/mol. The van der Waals surface area contributed by atoms with E-state index in [2.05, 4.69) is 15.0 Å². The summed E-state index contributed by atoms with van der Waals surface area (Å²) in [5.41, 5.74) is 12.1. The number of nitrogens with two attached hydrogens (primary N) is 2. The first-order valence-electron chi connectivity index (χ1n) is 8.42. The third-order valence-corrected chi connectivity index (χ3v) is 6.38. The van der Waals surface area contributed by atoms with Crippen LogP contribution < -0.4 is 11.5 Å². The number of carboxylic acids is 1. The van der Waals surface area contributed by atoms with Gasteiger partial charge in [-0.1, -0.05) is 0 Å². The Labute approximate surface area is 156 Å². The Morgan fingerprint density at radius 3 is 2.78 bits per heavy atom. The quantitative estimate of drug-likeness (QED) is 0.357. The number of anilines is 1. The average Bonchev–Trinajstić information content (AvgIpc) is 3.17. The summed E-state index contributed by atoms with van der Waals surface area (Å²) >= 11 is 0. The van der Waals surface area contributed by atoms with Crippen molar-refractivity contribution in [1.82, 2.24) is 19.5 Å². The molecule has 0 aromatic carbocycles. The van der Waals surface area contributed by atoms with Crippen LogP contribution in [-0.2, 0) is 15.6 Å². The molecule has 11 nitrogen and oxygen atoms in total. The molecule has 1 saturated carbocycles. The first-order chi connectivity index (χ1) is 12.8. The summed E-state index contributed by atoms with van der Waals surface area (Å²) in [6, 6.07) is -1.56. The second-order valence-corrected chi connectivity index (χ2v) is 8.29. The van der Waals surface area contributed by atoms with E-state index in [1.807, 2.05) is 0 Å². The smallest absolute Gasteiger partial charge is 0.320 e. The molecule has 3 rings (SSSR count). The molecule has 0 aliphatic heterocycles. The first kappa shape index (κ1) is 19.6. The number of carbonyl (C=O) groups is 1. The second-order valence-electron chi connectivity index (χ2n) is 6.67. The number of rotatable bonds is 7. The van der Waals surface area contributed by atoms with Crippen LogP contribution in [0.15, 0.2) is 12.7 Å². The van der Waals surface area contributed by atoms with Gasteiger partial charge in [0.15, 0.2) is 11.5 Å². The van der Waals surface area contributed by atoms with E-state index in [4.69, 9.17) is 16.6 Å². The zero-order valence-electron chi connectivity index (χ0n) is 14.4. The summed E-state index contributed by atoms with van der Waals surface area (Å²) < 4.78 is 13.9. The summed E-state index contributed by atoms with van der Waals surface area (Å²) in [6.45, 7) is 0. The fourth-order valence-corrected chi connectivity index (χ4v) is 4.85. The molecule has 6 atom stereocenters. The van der Waals surface area contributed by atoms with Crippen LogP contribution in [0, 0.1) is 5.92 Å². The number of nitrogen functional groups attached to an aromatic ring is 1. The molecule has 7 N–H and O–H groups in total. The zero-order chi connectivity index (χ0) is 19.7. The maximum atomic E-state index is 12.2. The standard InChI is InChI=1S/C15H22N6O5S/c16-8(15(24)25)1-2-27(26)4-7-3-9(12(23)11(7)22)21-6-20-10-13(17)18-5-19-14(10)21/h5-9,11-12,22-23H,1-4,16H2,(H,24,25)(H2,17,18,19). The lowest BCUT2D eigenvalue weighted by atomic mass is 10.1. The summed E-state index contributed by atoms with van der Waals surface area (Å²) in [5, 5.41) is 29.6.